The van der Waals surface area contributed by atoms with Gasteiger partial charge in [0, 0.05) is 6.42 Å². The zero-order valence-electron chi connectivity index (χ0n) is 13.1. The second kappa shape index (κ2) is 9.34. The van der Waals surface area contributed by atoms with Crippen LogP contribution in [0.3, 0.4) is 0 Å². The van der Waals surface area contributed by atoms with Gasteiger partial charge in [-0.1, -0.05) is 40.0 Å². The van der Waals surface area contributed by atoms with Crippen molar-refractivity contribution in [3.63, 3.8) is 0 Å². The molecule has 20 heavy (non-hydrogen) atoms. The van der Waals surface area contributed by atoms with Crippen molar-refractivity contribution in [3.05, 3.63) is 0 Å². The Bertz CT molecular complexity index is 373. The lowest BCUT2D eigenvalue weighted by atomic mass is 9.89. The number of ether oxygens (including phenoxy) is 1. The number of hydrogen-bond donors (Lipinski definition) is 0. The second-order valence-corrected chi connectivity index (χ2v) is 7.56. The monoisotopic (exact) mass is 308 g/mol. The van der Waals surface area contributed by atoms with Crippen LogP contribution in [0.5, 0.6) is 0 Å². The van der Waals surface area contributed by atoms with Crippen molar-refractivity contribution in [1.29, 1.82) is 0 Å². The van der Waals surface area contributed by atoms with Crippen molar-refractivity contribution in [2.45, 2.75) is 59.3 Å². The van der Waals surface area contributed by atoms with E-state index in [2.05, 4.69) is 6.92 Å². The van der Waals surface area contributed by atoms with E-state index in [1.165, 1.54) is 0 Å². The van der Waals surface area contributed by atoms with Gasteiger partial charge in [-0.2, -0.15) is 8.42 Å². The van der Waals surface area contributed by atoms with Crippen molar-refractivity contribution < 1.29 is 22.1 Å². The topological polar surface area (TPSA) is 69.7 Å². The molecule has 0 radical (unpaired) electrons. The summed E-state index contributed by atoms with van der Waals surface area (Å²) in [5.41, 5.74) is -0.371. The van der Waals surface area contributed by atoms with E-state index in [9.17, 15) is 13.2 Å². The molecule has 0 aliphatic rings. The molecule has 0 fully saturated rings. The molecule has 0 aliphatic carbocycles. The fraction of sp³-hybridized carbons (Fsp3) is 0.929. The minimum atomic E-state index is -3.44. The summed E-state index contributed by atoms with van der Waals surface area (Å²) in [4.78, 5) is 11.5. The highest BCUT2D eigenvalue weighted by molar-refractivity contribution is 7.85. The summed E-state index contributed by atoms with van der Waals surface area (Å²) in [7, 11) is -3.44. The molecule has 0 N–H and O–H groups in total. The summed E-state index contributed by atoms with van der Waals surface area (Å²) in [5, 5.41) is 0. The molecule has 0 bridgehead atoms. The van der Waals surface area contributed by atoms with E-state index in [1.807, 2.05) is 13.8 Å². The van der Waals surface area contributed by atoms with E-state index in [0.29, 0.717) is 13.0 Å². The Morgan fingerprint density at radius 3 is 2.35 bits per heavy atom. The third kappa shape index (κ3) is 12.4. The van der Waals surface area contributed by atoms with Crippen LogP contribution in [-0.2, 0) is 23.8 Å². The summed E-state index contributed by atoms with van der Waals surface area (Å²) in [6.07, 6.45) is 6.14. The highest BCUT2D eigenvalue weighted by atomic mass is 32.2. The standard InChI is InChI=1S/C14H28O5S/c1-5-6-7-8-11-18-13(15)9-10-14(2,3)12-19-20(4,16)17/h5-12H2,1-4H3. The molecule has 0 atom stereocenters. The van der Waals surface area contributed by atoms with E-state index < -0.39 is 10.1 Å². The minimum absolute atomic E-state index is 0.0790. The Labute approximate surface area is 123 Å². The Hall–Kier alpha value is -0.620. The first-order chi connectivity index (χ1) is 9.16. The number of carbonyl (C=O) groups excluding carboxylic acids is 1. The molecule has 0 aromatic rings. The van der Waals surface area contributed by atoms with Gasteiger partial charge in [-0.25, -0.2) is 0 Å². The Kier molecular flexibility index (Phi) is 9.05. The second-order valence-electron chi connectivity index (χ2n) is 5.91. The van der Waals surface area contributed by atoms with Crippen LogP contribution in [0.25, 0.3) is 0 Å². The van der Waals surface area contributed by atoms with Crippen molar-refractivity contribution in [1.82, 2.24) is 0 Å². The maximum atomic E-state index is 11.5. The van der Waals surface area contributed by atoms with Gasteiger partial charge in [0.1, 0.15) is 0 Å². The highest BCUT2D eigenvalue weighted by Crippen LogP contribution is 2.23. The summed E-state index contributed by atoms with van der Waals surface area (Å²) < 4.78 is 31.8. The van der Waals surface area contributed by atoms with Crippen LogP contribution < -0.4 is 0 Å². The van der Waals surface area contributed by atoms with Crippen molar-refractivity contribution in [3.8, 4) is 0 Å². The first-order valence-electron chi connectivity index (χ1n) is 7.16. The fourth-order valence-electron chi connectivity index (χ4n) is 1.57. The molecular formula is C14H28O5S. The molecule has 0 aromatic carbocycles. The predicted octanol–water partition coefficient (Wildman–Crippen LogP) is 2.89. The van der Waals surface area contributed by atoms with Crippen molar-refractivity contribution in [2.75, 3.05) is 19.5 Å². The number of esters is 1. The van der Waals surface area contributed by atoms with E-state index in [-0.39, 0.29) is 24.4 Å². The summed E-state index contributed by atoms with van der Waals surface area (Å²) in [5.74, 6) is -0.228. The average Bonchev–Trinajstić information content (AvgIpc) is 2.33. The van der Waals surface area contributed by atoms with Crippen LogP contribution in [0.1, 0.15) is 59.3 Å². The molecule has 0 saturated heterocycles. The van der Waals surface area contributed by atoms with Crippen LogP contribution in [-0.4, -0.2) is 33.9 Å². The van der Waals surface area contributed by atoms with Gasteiger partial charge >= 0.3 is 5.97 Å². The smallest absolute Gasteiger partial charge is 0.305 e. The zero-order valence-corrected chi connectivity index (χ0v) is 13.9. The minimum Gasteiger partial charge on any atom is -0.466 e. The average molecular weight is 308 g/mol. The Balaban J connectivity index is 3.81. The molecule has 0 spiro atoms. The molecule has 6 heteroatoms. The van der Waals surface area contributed by atoms with E-state index >= 15 is 0 Å². The van der Waals surface area contributed by atoms with E-state index in [1.54, 1.807) is 0 Å². The number of rotatable bonds is 11. The molecule has 5 nitrogen and oxygen atoms in total. The summed E-state index contributed by atoms with van der Waals surface area (Å²) in [6, 6.07) is 0. The number of hydrogen-bond acceptors (Lipinski definition) is 5. The molecule has 0 heterocycles. The molecule has 0 aliphatic heterocycles. The zero-order chi connectivity index (χ0) is 15.6. The normalized spacial score (nSPS) is 12.4. The van der Waals surface area contributed by atoms with Crippen LogP contribution >= 0.6 is 0 Å². The largest absolute Gasteiger partial charge is 0.466 e. The fourth-order valence-corrected chi connectivity index (χ4v) is 2.10. The lowest BCUT2D eigenvalue weighted by Gasteiger charge is -2.23. The van der Waals surface area contributed by atoms with Crippen molar-refractivity contribution in [2.24, 2.45) is 5.41 Å². The first-order valence-corrected chi connectivity index (χ1v) is 8.98. The molecule has 120 valence electrons. The lowest BCUT2D eigenvalue weighted by Crippen LogP contribution is -2.23. The quantitative estimate of drug-likeness (QED) is 0.333. The predicted molar refractivity (Wildman–Crippen MR) is 78.9 cm³/mol. The van der Waals surface area contributed by atoms with E-state index in [4.69, 9.17) is 8.92 Å². The van der Waals surface area contributed by atoms with E-state index in [0.717, 1.165) is 31.9 Å². The Morgan fingerprint density at radius 1 is 1.15 bits per heavy atom. The van der Waals surface area contributed by atoms with Crippen LogP contribution in [0, 0.1) is 5.41 Å². The summed E-state index contributed by atoms with van der Waals surface area (Å²) in [6.45, 7) is 6.42. The number of carbonyl (C=O) groups is 1. The molecule has 0 saturated carbocycles. The van der Waals surface area contributed by atoms with Crippen LogP contribution in [0.15, 0.2) is 0 Å². The van der Waals surface area contributed by atoms with Gasteiger partial charge in [-0.3, -0.25) is 8.98 Å². The van der Waals surface area contributed by atoms with Gasteiger partial charge in [0.05, 0.1) is 19.5 Å². The van der Waals surface area contributed by atoms with Gasteiger partial charge in [-0.05, 0) is 18.3 Å². The van der Waals surface area contributed by atoms with Gasteiger partial charge in [0.15, 0.2) is 0 Å². The number of unbranched alkanes of at least 4 members (excludes halogenated alkanes) is 3. The molecule has 0 amide bonds. The van der Waals surface area contributed by atoms with Gasteiger partial charge in [-0.15, -0.1) is 0 Å². The molecular weight excluding hydrogens is 280 g/mol. The van der Waals surface area contributed by atoms with Crippen molar-refractivity contribution >= 4 is 16.1 Å². The SMILES string of the molecule is CCCCCCOC(=O)CCC(C)(C)COS(C)(=O)=O. The Morgan fingerprint density at radius 2 is 1.80 bits per heavy atom. The molecule has 0 aromatic heterocycles. The third-order valence-corrected chi connectivity index (χ3v) is 3.48. The molecule has 0 unspecified atom stereocenters. The highest BCUT2D eigenvalue weighted by Gasteiger charge is 2.22. The third-order valence-electron chi connectivity index (χ3n) is 2.93. The maximum absolute atomic E-state index is 11.5. The molecule has 0 rings (SSSR count). The van der Waals surface area contributed by atoms with Gasteiger partial charge in [0.2, 0.25) is 0 Å². The lowest BCUT2D eigenvalue weighted by molar-refractivity contribution is -0.144. The van der Waals surface area contributed by atoms with Crippen LogP contribution in [0.2, 0.25) is 0 Å². The maximum Gasteiger partial charge on any atom is 0.305 e. The first kappa shape index (κ1) is 19.4. The van der Waals surface area contributed by atoms with Gasteiger partial charge < -0.3 is 4.74 Å². The van der Waals surface area contributed by atoms with Gasteiger partial charge in [0.25, 0.3) is 10.1 Å². The summed E-state index contributed by atoms with van der Waals surface area (Å²) >= 11 is 0. The van der Waals surface area contributed by atoms with Crippen LogP contribution in [0.4, 0.5) is 0 Å².